The van der Waals surface area contributed by atoms with E-state index in [1.807, 2.05) is 12.3 Å². The second-order valence-corrected chi connectivity index (χ2v) is 4.15. The molecule has 17 heavy (non-hydrogen) atoms. The summed E-state index contributed by atoms with van der Waals surface area (Å²) < 4.78 is 9.27. The van der Waals surface area contributed by atoms with E-state index in [4.69, 9.17) is 4.74 Å². The summed E-state index contributed by atoms with van der Waals surface area (Å²) in [5.41, 5.74) is 1.02. The number of rotatable bonds is 4. The topological polar surface area (TPSA) is 52.6 Å². The zero-order valence-corrected chi connectivity index (χ0v) is 10.8. The van der Waals surface area contributed by atoms with Crippen LogP contribution in [0.4, 0.5) is 0 Å². The fraction of sp³-hybridized carbons (Fsp3) is 0.333. The highest BCUT2D eigenvalue weighted by molar-refractivity contribution is 7.98. The van der Waals surface area contributed by atoms with Crippen LogP contribution >= 0.6 is 11.8 Å². The van der Waals surface area contributed by atoms with Gasteiger partial charge < -0.3 is 9.47 Å². The second kappa shape index (κ2) is 6.30. The SMILES string of the molecule is COC(=O)Cc1ccc(SC)cc1C(=O)OC. The Hall–Kier alpha value is -1.49. The molecule has 0 unspecified atom stereocenters. The van der Waals surface area contributed by atoms with Crippen molar-refractivity contribution in [3.8, 4) is 0 Å². The van der Waals surface area contributed by atoms with Crippen LogP contribution in [0.2, 0.25) is 0 Å². The van der Waals surface area contributed by atoms with Crippen LogP contribution in [0.3, 0.4) is 0 Å². The van der Waals surface area contributed by atoms with Gasteiger partial charge in [0.2, 0.25) is 0 Å². The van der Waals surface area contributed by atoms with Crippen LogP contribution in [-0.2, 0) is 20.7 Å². The maximum absolute atomic E-state index is 11.6. The molecule has 5 heteroatoms. The van der Waals surface area contributed by atoms with E-state index in [2.05, 4.69) is 4.74 Å². The van der Waals surface area contributed by atoms with Gasteiger partial charge in [-0.1, -0.05) is 6.07 Å². The van der Waals surface area contributed by atoms with Crippen LogP contribution in [-0.4, -0.2) is 32.4 Å². The number of thioether (sulfide) groups is 1. The highest BCUT2D eigenvalue weighted by Crippen LogP contribution is 2.20. The molecule has 0 atom stereocenters. The molecule has 0 saturated carbocycles. The molecule has 0 fully saturated rings. The van der Waals surface area contributed by atoms with E-state index in [-0.39, 0.29) is 12.4 Å². The molecule has 0 heterocycles. The summed E-state index contributed by atoms with van der Waals surface area (Å²) in [7, 11) is 2.63. The van der Waals surface area contributed by atoms with Crippen LogP contribution in [0, 0.1) is 0 Å². The molecule has 1 aromatic rings. The molecule has 1 rings (SSSR count). The molecule has 0 amide bonds. The maximum atomic E-state index is 11.6. The monoisotopic (exact) mass is 254 g/mol. The molecule has 0 aromatic heterocycles. The molecule has 0 radical (unpaired) electrons. The van der Waals surface area contributed by atoms with E-state index in [0.717, 1.165) is 4.90 Å². The lowest BCUT2D eigenvalue weighted by Gasteiger charge is -2.08. The average Bonchev–Trinajstić information content (AvgIpc) is 2.38. The molecule has 0 aliphatic heterocycles. The van der Waals surface area contributed by atoms with E-state index in [1.165, 1.54) is 26.0 Å². The Labute approximate surface area is 104 Å². The average molecular weight is 254 g/mol. The van der Waals surface area contributed by atoms with E-state index in [9.17, 15) is 9.59 Å². The van der Waals surface area contributed by atoms with E-state index < -0.39 is 5.97 Å². The molecule has 4 nitrogen and oxygen atoms in total. The third kappa shape index (κ3) is 3.49. The summed E-state index contributed by atoms with van der Waals surface area (Å²) in [6.07, 6.45) is 1.98. The number of hydrogen-bond acceptors (Lipinski definition) is 5. The van der Waals surface area contributed by atoms with Gasteiger partial charge in [0.15, 0.2) is 0 Å². The first-order valence-electron chi connectivity index (χ1n) is 4.94. The molecule has 0 bridgehead atoms. The molecule has 92 valence electrons. The zero-order valence-electron chi connectivity index (χ0n) is 9.98. The minimum absolute atomic E-state index is 0.0651. The number of carbonyl (C=O) groups excluding carboxylic acids is 2. The Kier molecular flexibility index (Phi) is 5.03. The van der Waals surface area contributed by atoms with Gasteiger partial charge in [0.1, 0.15) is 0 Å². The minimum atomic E-state index is -0.445. The van der Waals surface area contributed by atoms with Crippen molar-refractivity contribution in [2.75, 3.05) is 20.5 Å². The lowest BCUT2D eigenvalue weighted by Crippen LogP contribution is -2.11. The number of carbonyl (C=O) groups is 2. The Bertz CT molecular complexity index is 429. The van der Waals surface area contributed by atoms with Crippen LogP contribution in [0.1, 0.15) is 15.9 Å². The van der Waals surface area contributed by atoms with Gasteiger partial charge in [-0.2, -0.15) is 0 Å². The largest absolute Gasteiger partial charge is 0.469 e. The summed E-state index contributed by atoms with van der Waals surface area (Å²) in [5, 5.41) is 0. The van der Waals surface area contributed by atoms with Crippen LogP contribution in [0.15, 0.2) is 23.1 Å². The van der Waals surface area contributed by atoms with Gasteiger partial charge in [0, 0.05) is 4.90 Å². The number of ether oxygens (including phenoxy) is 2. The summed E-state index contributed by atoms with van der Waals surface area (Å²) in [6.45, 7) is 0. The molecule has 0 aliphatic carbocycles. The summed E-state index contributed by atoms with van der Waals surface area (Å²) in [5.74, 6) is -0.827. The Balaban J connectivity index is 3.10. The van der Waals surface area contributed by atoms with Gasteiger partial charge in [0.05, 0.1) is 26.2 Å². The summed E-state index contributed by atoms with van der Waals surface area (Å²) >= 11 is 1.52. The number of methoxy groups -OCH3 is 2. The van der Waals surface area contributed by atoms with Crippen molar-refractivity contribution in [3.05, 3.63) is 29.3 Å². The Morgan fingerprint density at radius 2 is 1.94 bits per heavy atom. The van der Waals surface area contributed by atoms with Crippen molar-refractivity contribution in [1.82, 2.24) is 0 Å². The highest BCUT2D eigenvalue weighted by atomic mass is 32.2. The number of esters is 2. The molecule has 0 saturated heterocycles. The van der Waals surface area contributed by atoms with Gasteiger partial charge in [-0.3, -0.25) is 4.79 Å². The Morgan fingerprint density at radius 1 is 1.24 bits per heavy atom. The van der Waals surface area contributed by atoms with Crippen molar-refractivity contribution >= 4 is 23.7 Å². The first kappa shape index (κ1) is 13.6. The number of hydrogen-bond donors (Lipinski definition) is 0. The lowest BCUT2D eigenvalue weighted by atomic mass is 10.0. The standard InChI is InChI=1S/C12H14O4S/c1-15-11(13)6-8-4-5-9(17-3)7-10(8)12(14)16-2/h4-5,7H,6H2,1-3H3. The smallest absolute Gasteiger partial charge is 0.338 e. The summed E-state index contributed by atoms with van der Waals surface area (Å²) in [6, 6.07) is 5.32. The van der Waals surface area contributed by atoms with Gasteiger partial charge >= 0.3 is 11.9 Å². The predicted octanol–water partition coefficient (Wildman–Crippen LogP) is 1.91. The van der Waals surface area contributed by atoms with Gasteiger partial charge in [-0.05, 0) is 24.0 Å². The normalized spacial score (nSPS) is 9.82. The fourth-order valence-electron chi connectivity index (χ4n) is 1.36. The zero-order chi connectivity index (χ0) is 12.8. The van der Waals surface area contributed by atoms with Crippen molar-refractivity contribution < 1.29 is 19.1 Å². The van der Waals surface area contributed by atoms with Crippen LogP contribution in [0.25, 0.3) is 0 Å². The Morgan fingerprint density at radius 3 is 2.47 bits per heavy atom. The molecular weight excluding hydrogens is 240 g/mol. The number of benzene rings is 1. The van der Waals surface area contributed by atoms with E-state index in [0.29, 0.717) is 11.1 Å². The third-order valence-electron chi connectivity index (χ3n) is 2.28. The van der Waals surface area contributed by atoms with Crippen molar-refractivity contribution in [1.29, 1.82) is 0 Å². The van der Waals surface area contributed by atoms with Crippen LogP contribution < -0.4 is 0 Å². The first-order chi connectivity index (χ1) is 8.12. The molecule has 0 spiro atoms. The van der Waals surface area contributed by atoms with Crippen molar-refractivity contribution in [2.45, 2.75) is 11.3 Å². The summed E-state index contributed by atoms with van der Waals surface area (Å²) in [4.78, 5) is 23.8. The van der Waals surface area contributed by atoms with Gasteiger partial charge in [-0.25, -0.2) is 4.79 Å². The van der Waals surface area contributed by atoms with Crippen LogP contribution in [0.5, 0.6) is 0 Å². The fourth-order valence-corrected chi connectivity index (χ4v) is 1.80. The lowest BCUT2D eigenvalue weighted by molar-refractivity contribution is -0.139. The maximum Gasteiger partial charge on any atom is 0.338 e. The first-order valence-corrected chi connectivity index (χ1v) is 6.17. The minimum Gasteiger partial charge on any atom is -0.469 e. The predicted molar refractivity (Wildman–Crippen MR) is 65.3 cm³/mol. The van der Waals surface area contributed by atoms with Crippen molar-refractivity contribution in [3.63, 3.8) is 0 Å². The van der Waals surface area contributed by atoms with Gasteiger partial charge in [-0.15, -0.1) is 11.8 Å². The molecule has 1 aromatic carbocycles. The molecule has 0 aliphatic rings. The third-order valence-corrected chi connectivity index (χ3v) is 3.01. The van der Waals surface area contributed by atoms with E-state index in [1.54, 1.807) is 12.1 Å². The highest BCUT2D eigenvalue weighted by Gasteiger charge is 2.15. The molecular formula is C12H14O4S. The van der Waals surface area contributed by atoms with Crippen molar-refractivity contribution in [2.24, 2.45) is 0 Å². The molecule has 0 N–H and O–H groups in total. The quantitative estimate of drug-likeness (QED) is 0.607. The second-order valence-electron chi connectivity index (χ2n) is 3.27. The van der Waals surface area contributed by atoms with Gasteiger partial charge in [0.25, 0.3) is 0 Å². The van der Waals surface area contributed by atoms with E-state index >= 15 is 0 Å².